The zero-order valence-corrected chi connectivity index (χ0v) is 12.9. The quantitative estimate of drug-likeness (QED) is 0.890. The molecule has 1 aliphatic heterocycles. The minimum Gasteiger partial charge on any atom is -0.480 e. The predicted octanol–water partition coefficient (Wildman–Crippen LogP) is 1.03. The van der Waals surface area contributed by atoms with Gasteiger partial charge in [0, 0.05) is 6.54 Å². The van der Waals surface area contributed by atoms with Crippen molar-refractivity contribution in [2.45, 2.75) is 32.2 Å². The molecule has 1 aliphatic rings. The van der Waals surface area contributed by atoms with Gasteiger partial charge in [0.25, 0.3) is 5.91 Å². The number of ether oxygens (including phenoxy) is 2. The Morgan fingerprint density at radius 1 is 1.43 bits per heavy atom. The van der Waals surface area contributed by atoms with Gasteiger partial charge in [0.1, 0.15) is 11.8 Å². The molecule has 0 radical (unpaired) electrons. The van der Waals surface area contributed by atoms with Crippen LogP contribution in [0.4, 0.5) is 0 Å². The summed E-state index contributed by atoms with van der Waals surface area (Å²) in [5.41, 5.74) is 0.339. The lowest BCUT2D eigenvalue weighted by Crippen LogP contribution is -2.54. The van der Waals surface area contributed by atoms with Crippen molar-refractivity contribution in [2.24, 2.45) is 0 Å². The lowest BCUT2D eigenvalue weighted by atomic mass is 10.2. The van der Waals surface area contributed by atoms with E-state index in [1.54, 1.807) is 38.1 Å². The van der Waals surface area contributed by atoms with Crippen molar-refractivity contribution in [3.63, 3.8) is 0 Å². The highest BCUT2D eigenvalue weighted by atomic mass is 16.5. The Morgan fingerprint density at radius 2 is 2.13 bits per heavy atom. The van der Waals surface area contributed by atoms with E-state index < -0.39 is 18.2 Å². The number of carbonyl (C=O) groups is 2. The lowest BCUT2D eigenvalue weighted by molar-refractivity contribution is -0.168. The summed E-state index contributed by atoms with van der Waals surface area (Å²) in [4.78, 5) is 25.0. The standard InChI is InChI=1S/C16H18N2O5/c1-10-8-18(9-14(22-10)16(20)21)15(19)11(2)23-13-6-4-3-5-12(13)7-17/h3-6,10-11,14H,8-9H2,1-2H3,(H,20,21)/t10-,11?,14?/m1/s1. The van der Waals surface area contributed by atoms with E-state index >= 15 is 0 Å². The smallest absolute Gasteiger partial charge is 0.334 e. The highest BCUT2D eigenvalue weighted by Crippen LogP contribution is 2.20. The largest absolute Gasteiger partial charge is 0.480 e. The van der Waals surface area contributed by atoms with Crippen LogP contribution in [0.3, 0.4) is 0 Å². The molecule has 1 aromatic carbocycles. The molecule has 1 N–H and O–H groups in total. The topological polar surface area (TPSA) is 99.9 Å². The summed E-state index contributed by atoms with van der Waals surface area (Å²) in [6.07, 6.45) is -2.24. The zero-order valence-electron chi connectivity index (χ0n) is 12.9. The van der Waals surface area contributed by atoms with Gasteiger partial charge in [0.15, 0.2) is 12.2 Å². The van der Waals surface area contributed by atoms with Crippen molar-refractivity contribution in [3.8, 4) is 11.8 Å². The van der Waals surface area contributed by atoms with Crippen LogP contribution >= 0.6 is 0 Å². The third-order valence-corrected chi connectivity index (χ3v) is 3.51. The van der Waals surface area contributed by atoms with Gasteiger partial charge in [-0.3, -0.25) is 4.79 Å². The Hall–Kier alpha value is -2.59. The van der Waals surface area contributed by atoms with Crippen LogP contribution in [0.25, 0.3) is 0 Å². The van der Waals surface area contributed by atoms with Gasteiger partial charge in [0.2, 0.25) is 0 Å². The fraction of sp³-hybridized carbons (Fsp3) is 0.438. The second kappa shape index (κ2) is 7.11. The number of carboxylic acids is 1. The summed E-state index contributed by atoms with van der Waals surface area (Å²) < 4.78 is 10.9. The molecule has 0 saturated carbocycles. The van der Waals surface area contributed by atoms with Crippen LogP contribution in [-0.4, -0.2) is 53.3 Å². The zero-order chi connectivity index (χ0) is 17.0. The fourth-order valence-corrected chi connectivity index (χ4v) is 2.43. The highest BCUT2D eigenvalue weighted by Gasteiger charge is 2.34. The van der Waals surface area contributed by atoms with Gasteiger partial charge in [0.05, 0.1) is 18.2 Å². The third kappa shape index (κ3) is 3.99. The maximum Gasteiger partial charge on any atom is 0.334 e. The number of morpholine rings is 1. The number of carboxylic acid groups (broad SMARTS) is 1. The number of nitrogens with zero attached hydrogens (tertiary/aromatic N) is 2. The molecule has 0 spiro atoms. The van der Waals surface area contributed by atoms with E-state index in [-0.39, 0.29) is 18.6 Å². The van der Waals surface area contributed by atoms with Gasteiger partial charge in [-0.1, -0.05) is 12.1 Å². The molecule has 3 atom stereocenters. The van der Waals surface area contributed by atoms with Crippen LogP contribution < -0.4 is 4.74 Å². The Kier molecular flexibility index (Phi) is 5.19. The minimum atomic E-state index is -1.10. The maximum atomic E-state index is 12.5. The minimum absolute atomic E-state index is 0.0217. The molecule has 1 heterocycles. The molecule has 7 heteroatoms. The van der Waals surface area contributed by atoms with Gasteiger partial charge < -0.3 is 19.5 Å². The summed E-state index contributed by atoms with van der Waals surface area (Å²) in [5.74, 6) is -1.11. The van der Waals surface area contributed by atoms with Gasteiger partial charge in [-0.15, -0.1) is 0 Å². The Labute approximate surface area is 134 Å². The Bertz CT molecular complexity index is 640. The van der Waals surface area contributed by atoms with E-state index in [1.807, 2.05) is 6.07 Å². The summed E-state index contributed by atoms with van der Waals surface area (Å²) >= 11 is 0. The fourth-order valence-electron chi connectivity index (χ4n) is 2.43. The third-order valence-electron chi connectivity index (χ3n) is 3.51. The molecule has 23 heavy (non-hydrogen) atoms. The van der Waals surface area contributed by atoms with Crippen molar-refractivity contribution in [3.05, 3.63) is 29.8 Å². The van der Waals surface area contributed by atoms with Crippen molar-refractivity contribution in [1.29, 1.82) is 5.26 Å². The number of carbonyl (C=O) groups excluding carboxylic acids is 1. The van der Waals surface area contributed by atoms with Crippen LogP contribution in [0, 0.1) is 11.3 Å². The Morgan fingerprint density at radius 3 is 2.78 bits per heavy atom. The predicted molar refractivity (Wildman–Crippen MR) is 79.8 cm³/mol. The second-order valence-corrected chi connectivity index (χ2v) is 5.38. The molecule has 1 aromatic rings. The highest BCUT2D eigenvalue weighted by molar-refractivity contribution is 5.82. The van der Waals surface area contributed by atoms with Crippen molar-refractivity contribution in [1.82, 2.24) is 4.90 Å². The van der Waals surface area contributed by atoms with E-state index in [0.717, 1.165) is 0 Å². The number of benzene rings is 1. The first-order valence-corrected chi connectivity index (χ1v) is 7.25. The molecule has 2 rings (SSSR count). The van der Waals surface area contributed by atoms with Crippen LogP contribution in [0.15, 0.2) is 24.3 Å². The van der Waals surface area contributed by atoms with Crippen LogP contribution in [0.1, 0.15) is 19.4 Å². The average Bonchev–Trinajstić information content (AvgIpc) is 2.53. The molecule has 1 saturated heterocycles. The lowest BCUT2D eigenvalue weighted by Gasteiger charge is -2.36. The van der Waals surface area contributed by atoms with Crippen LogP contribution in [0.2, 0.25) is 0 Å². The van der Waals surface area contributed by atoms with E-state index in [2.05, 4.69) is 0 Å². The summed E-state index contributed by atoms with van der Waals surface area (Å²) in [6.45, 7) is 3.57. The normalized spacial score (nSPS) is 22.0. The summed E-state index contributed by atoms with van der Waals surface area (Å²) in [6, 6.07) is 8.64. The first kappa shape index (κ1) is 16.8. The molecule has 1 amide bonds. The Balaban J connectivity index is 2.07. The molecular formula is C16H18N2O5. The van der Waals surface area contributed by atoms with Gasteiger partial charge in [-0.2, -0.15) is 5.26 Å². The average molecular weight is 318 g/mol. The van der Waals surface area contributed by atoms with Crippen molar-refractivity contribution >= 4 is 11.9 Å². The number of aliphatic carboxylic acids is 1. The van der Waals surface area contributed by atoms with E-state index in [9.17, 15) is 9.59 Å². The van der Waals surface area contributed by atoms with E-state index in [0.29, 0.717) is 17.9 Å². The number of hydrogen-bond donors (Lipinski definition) is 1. The van der Waals surface area contributed by atoms with Gasteiger partial charge in [-0.05, 0) is 26.0 Å². The second-order valence-electron chi connectivity index (χ2n) is 5.38. The summed E-state index contributed by atoms with van der Waals surface area (Å²) in [7, 11) is 0. The molecular weight excluding hydrogens is 300 g/mol. The molecule has 0 aromatic heterocycles. The van der Waals surface area contributed by atoms with Crippen LogP contribution in [0.5, 0.6) is 5.75 Å². The molecule has 1 fully saturated rings. The molecule has 0 aliphatic carbocycles. The number of para-hydroxylation sites is 1. The number of hydrogen-bond acceptors (Lipinski definition) is 5. The van der Waals surface area contributed by atoms with Crippen molar-refractivity contribution in [2.75, 3.05) is 13.1 Å². The number of amides is 1. The SMILES string of the molecule is CC(Oc1ccccc1C#N)C(=O)N1CC(C(=O)O)O[C@H](C)C1. The first-order valence-electron chi connectivity index (χ1n) is 7.25. The first-order chi connectivity index (χ1) is 10.9. The molecule has 0 bridgehead atoms. The van der Waals surface area contributed by atoms with Gasteiger partial charge >= 0.3 is 5.97 Å². The van der Waals surface area contributed by atoms with Crippen LogP contribution in [-0.2, 0) is 14.3 Å². The number of nitriles is 1. The molecule has 7 nitrogen and oxygen atoms in total. The van der Waals surface area contributed by atoms with E-state index in [4.69, 9.17) is 19.8 Å². The monoisotopic (exact) mass is 318 g/mol. The van der Waals surface area contributed by atoms with E-state index in [1.165, 1.54) is 4.90 Å². The molecule has 2 unspecified atom stereocenters. The molecule has 122 valence electrons. The summed E-state index contributed by atoms with van der Waals surface area (Å²) in [5, 5.41) is 18.1. The number of rotatable bonds is 4. The maximum absolute atomic E-state index is 12.5. The van der Waals surface area contributed by atoms with Gasteiger partial charge in [-0.25, -0.2) is 4.79 Å². The van der Waals surface area contributed by atoms with Crippen molar-refractivity contribution < 1.29 is 24.2 Å².